The number of ether oxygens (including phenoxy) is 1. The number of hydrogen-bond donors (Lipinski definition) is 2. The number of halogens is 1. The monoisotopic (exact) mass is 595 g/mol. The molecular weight excluding hydrogens is 550 g/mol. The van der Waals surface area contributed by atoms with Crippen molar-refractivity contribution in [1.29, 1.82) is 5.26 Å². The number of rotatable bonds is 6. The number of amides is 1. The lowest BCUT2D eigenvalue weighted by molar-refractivity contribution is -0.137. The Balaban J connectivity index is 1.22. The first-order chi connectivity index (χ1) is 20.3. The lowest BCUT2D eigenvalue weighted by atomic mass is 9.62. The Kier molecular flexibility index (Phi) is 8.84. The fraction of sp³-hybridized carbons (Fsp3) is 0.688. The van der Waals surface area contributed by atoms with Crippen LogP contribution in [0.5, 0.6) is 0 Å². The van der Waals surface area contributed by atoms with Crippen LogP contribution in [0.4, 0.5) is 5.69 Å². The van der Waals surface area contributed by atoms with Crippen LogP contribution >= 0.6 is 11.6 Å². The molecule has 228 valence electrons. The summed E-state index contributed by atoms with van der Waals surface area (Å²) in [6, 6.07) is 9.24. The molecule has 0 aromatic heterocycles. The van der Waals surface area contributed by atoms with Gasteiger partial charge in [-0.3, -0.25) is 20.3 Å². The summed E-state index contributed by atoms with van der Waals surface area (Å²) in [6.07, 6.45) is 8.33. The Labute approximate surface area is 255 Å². The summed E-state index contributed by atoms with van der Waals surface area (Å²) < 4.78 is 6.58. The van der Waals surface area contributed by atoms with Gasteiger partial charge in [0.1, 0.15) is 0 Å². The van der Waals surface area contributed by atoms with Crippen molar-refractivity contribution in [2.45, 2.75) is 75.6 Å². The molecule has 1 saturated carbocycles. The molecule has 1 spiro atoms. The van der Waals surface area contributed by atoms with E-state index in [9.17, 15) is 10.1 Å². The number of likely N-dealkylation sites (tertiary alicyclic amines) is 1. The summed E-state index contributed by atoms with van der Waals surface area (Å²) in [4.78, 5) is 21.7. The molecule has 0 radical (unpaired) electrons. The van der Waals surface area contributed by atoms with Gasteiger partial charge < -0.3 is 19.4 Å². The zero-order valence-electron chi connectivity index (χ0n) is 25.1. The van der Waals surface area contributed by atoms with Crippen molar-refractivity contribution >= 4 is 23.2 Å². The SMILES string of the molecule is C=CC(=O)N1CCN(C2NC(OCC3CCCN3C)NC3C[C@]4(CCC32)Cc2cccc(Cl)c2N(C)C4)CC1CC#N. The molecule has 1 aromatic carbocycles. The average molecular weight is 596 g/mol. The molecule has 1 aromatic rings. The van der Waals surface area contributed by atoms with E-state index in [1.165, 1.54) is 30.2 Å². The minimum Gasteiger partial charge on any atom is -0.373 e. The number of nitrogens with zero attached hydrogens (tertiary/aromatic N) is 5. The lowest BCUT2D eigenvalue weighted by Gasteiger charge is -2.57. The van der Waals surface area contributed by atoms with Gasteiger partial charge in [-0.05, 0) is 75.2 Å². The minimum absolute atomic E-state index is 0.0886. The summed E-state index contributed by atoms with van der Waals surface area (Å²) in [5.74, 6) is 0.314. The topological polar surface area (TPSA) is 87.1 Å². The van der Waals surface area contributed by atoms with Crippen LogP contribution in [0.1, 0.15) is 44.1 Å². The molecule has 3 saturated heterocycles. The number of anilines is 1. The van der Waals surface area contributed by atoms with E-state index in [4.69, 9.17) is 16.3 Å². The summed E-state index contributed by atoms with van der Waals surface area (Å²) in [5, 5.41) is 18.2. The second-order valence-corrected chi connectivity index (χ2v) is 13.7. The Hall–Kier alpha value is -2.19. The second kappa shape index (κ2) is 12.4. The molecular formula is C32H46ClN7O2. The minimum atomic E-state index is -0.245. The summed E-state index contributed by atoms with van der Waals surface area (Å²) >= 11 is 6.63. The molecule has 1 amide bonds. The van der Waals surface area contributed by atoms with Gasteiger partial charge in [-0.2, -0.15) is 5.26 Å². The first kappa shape index (κ1) is 29.9. The van der Waals surface area contributed by atoms with Crippen LogP contribution in [0, 0.1) is 22.7 Å². The van der Waals surface area contributed by atoms with Crippen molar-refractivity contribution in [2.75, 3.05) is 58.3 Å². The molecule has 7 atom stereocenters. The summed E-state index contributed by atoms with van der Waals surface area (Å²) in [7, 11) is 4.37. The van der Waals surface area contributed by atoms with Crippen LogP contribution in [0.3, 0.4) is 0 Å². The van der Waals surface area contributed by atoms with Crippen LogP contribution < -0.4 is 15.5 Å². The Morgan fingerprint density at radius 1 is 1.24 bits per heavy atom. The van der Waals surface area contributed by atoms with Crippen molar-refractivity contribution < 1.29 is 9.53 Å². The average Bonchev–Trinajstić information content (AvgIpc) is 3.39. The fourth-order valence-corrected chi connectivity index (χ4v) is 8.98. The third kappa shape index (κ3) is 5.82. The molecule has 6 unspecified atom stereocenters. The van der Waals surface area contributed by atoms with Gasteiger partial charge in [0.15, 0.2) is 6.35 Å². The number of likely N-dealkylation sites (N-methyl/N-ethyl adjacent to an activating group) is 1. The summed E-state index contributed by atoms with van der Waals surface area (Å²) in [6.45, 7) is 8.55. The maximum Gasteiger partial charge on any atom is 0.246 e. The molecule has 4 fully saturated rings. The van der Waals surface area contributed by atoms with E-state index in [1.807, 2.05) is 11.0 Å². The van der Waals surface area contributed by atoms with Gasteiger partial charge in [0.25, 0.3) is 0 Å². The van der Waals surface area contributed by atoms with E-state index in [1.54, 1.807) is 0 Å². The highest BCUT2D eigenvalue weighted by molar-refractivity contribution is 6.33. The molecule has 6 rings (SSSR count). The van der Waals surface area contributed by atoms with Gasteiger partial charge in [-0.1, -0.05) is 30.3 Å². The number of piperazine rings is 1. The zero-order chi connectivity index (χ0) is 29.4. The van der Waals surface area contributed by atoms with Crippen molar-refractivity contribution in [1.82, 2.24) is 25.3 Å². The molecule has 2 N–H and O–H groups in total. The van der Waals surface area contributed by atoms with Gasteiger partial charge in [-0.25, -0.2) is 0 Å². The van der Waals surface area contributed by atoms with E-state index >= 15 is 0 Å². The maximum absolute atomic E-state index is 12.6. The van der Waals surface area contributed by atoms with Gasteiger partial charge in [0.2, 0.25) is 5.91 Å². The Morgan fingerprint density at radius 3 is 2.86 bits per heavy atom. The van der Waals surface area contributed by atoms with Gasteiger partial charge in [-0.15, -0.1) is 0 Å². The first-order valence-corrected chi connectivity index (χ1v) is 16.0. The van der Waals surface area contributed by atoms with Gasteiger partial charge in [0.05, 0.1) is 42.0 Å². The molecule has 4 aliphatic heterocycles. The fourth-order valence-electron chi connectivity index (χ4n) is 8.64. The Morgan fingerprint density at radius 2 is 2.10 bits per heavy atom. The van der Waals surface area contributed by atoms with E-state index in [-0.39, 0.29) is 29.9 Å². The molecule has 10 heteroatoms. The predicted octanol–water partition coefficient (Wildman–Crippen LogP) is 3.01. The quantitative estimate of drug-likeness (QED) is 0.486. The number of carbonyl (C=O) groups is 1. The summed E-state index contributed by atoms with van der Waals surface area (Å²) in [5.41, 5.74) is 2.71. The van der Waals surface area contributed by atoms with Crippen LogP contribution in [-0.4, -0.2) is 105 Å². The van der Waals surface area contributed by atoms with E-state index < -0.39 is 0 Å². The third-order valence-electron chi connectivity index (χ3n) is 10.7. The highest BCUT2D eigenvalue weighted by Crippen LogP contribution is 2.49. The number of nitriles is 1. The molecule has 4 heterocycles. The Bertz CT molecular complexity index is 1210. The number of carbonyl (C=O) groups excluding carboxylic acids is 1. The van der Waals surface area contributed by atoms with E-state index in [2.05, 4.69) is 64.2 Å². The van der Waals surface area contributed by atoms with Gasteiger partial charge >= 0.3 is 0 Å². The standard InChI is InChI=1S/C32H46ClN7O2/c1-4-28(41)40-16-15-39(19-23(40)11-13-34)30-25-10-12-32(17-22-7-5-9-26(33)29(22)38(3)21-32)18-27(25)35-31(36-30)42-20-24-8-6-14-37(24)2/h4-5,7,9,23-25,27,30-31,35-36H,1,6,8,10-12,14-21H2,2-3H3/t23?,24?,25?,27?,30?,31?,32-/m0/s1. The highest BCUT2D eigenvalue weighted by Gasteiger charge is 2.51. The third-order valence-corrected chi connectivity index (χ3v) is 11.0. The van der Waals surface area contributed by atoms with Crippen molar-refractivity contribution in [3.8, 4) is 6.07 Å². The number of hydrogen-bond acceptors (Lipinski definition) is 8. The number of fused-ring (bicyclic) bond motifs is 2. The number of benzene rings is 1. The lowest BCUT2D eigenvalue weighted by Crippen LogP contribution is -2.73. The van der Waals surface area contributed by atoms with Crippen LogP contribution in [-0.2, 0) is 16.0 Å². The zero-order valence-corrected chi connectivity index (χ0v) is 25.9. The van der Waals surface area contributed by atoms with Crippen LogP contribution in [0.2, 0.25) is 5.02 Å². The molecule has 1 aliphatic carbocycles. The number of para-hydroxylation sites is 1. The molecule has 42 heavy (non-hydrogen) atoms. The van der Waals surface area contributed by atoms with E-state index in [0.29, 0.717) is 44.1 Å². The predicted molar refractivity (Wildman–Crippen MR) is 165 cm³/mol. The first-order valence-electron chi connectivity index (χ1n) is 15.7. The highest BCUT2D eigenvalue weighted by atomic mass is 35.5. The normalized spacial score (nSPS) is 35.5. The maximum atomic E-state index is 12.6. The smallest absolute Gasteiger partial charge is 0.246 e. The second-order valence-electron chi connectivity index (χ2n) is 13.3. The van der Waals surface area contributed by atoms with Crippen molar-refractivity contribution in [3.05, 3.63) is 41.4 Å². The van der Waals surface area contributed by atoms with Crippen molar-refractivity contribution in [3.63, 3.8) is 0 Å². The van der Waals surface area contributed by atoms with E-state index in [0.717, 1.165) is 50.3 Å². The molecule has 9 nitrogen and oxygen atoms in total. The largest absolute Gasteiger partial charge is 0.373 e. The van der Waals surface area contributed by atoms with Gasteiger partial charge in [0, 0.05) is 51.2 Å². The molecule has 0 bridgehead atoms. The van der Waals surface area contributed by atoms with Crippen LogP contribution in [0.25, 0.3) is 0 Å². The molecule has 5 aliphatic rings. The van der Waals surface area contributed by atoms with Crippen molar-refractivity contribution in [2.24, 2.45) is 11.3 Å². The number of nitrogens with one attached hydrogen (secondary N) is 2. The van der Waals surface area contributed by atoms with Crippen LogP contribution in [0.15, 0.2) is 30.9 Å².